The molecular weight excluding hydrogens is 242 g/mol. The zero-order chi connectivity index (χ0) is 12.8. The molecule has 2 rings (SSSR count). The largest absolute Gasteiger partial charge is 0.347 e. The van der Waals surface area contributed by atoms with E-state index in [1.807, 2.05) is 11.6 Å². The number of rotatable bonds is 7. The fraction of sp³-hybridized carbons (Fsp3) is 0.500. The lowest BCUT2D eigenvalue weighted by atomic mass is 10.1. The number of nitrogens with zero attached hydrogens (tertiary/aromatic N) is 2. The first-order valence-electron chi connectivity index (χ1n) is 6.61. The van der Waals surface area contributed by atoms with Crippen LogP contribution in [0, 0.1) is 0 Å². The molecular formula is C14H21N3S. The first-order valence-corrected chi connectivity index (χ1v) is 7.48. The molecule has 1 atom stereocenters. The van der Waals surface area contributed by atoms with Gasteiger partial charge in [-0.25, -0.2) is 4.98 Å². The Morgan fingerprint density at radius 2 is 2.33 bits per heavy atom. The third kappa shape index (κ3) is 3.43. The van der Waals surface area contributed by atoms with E-state index in [9.17, 15) is 0 Å². The molecule has 0 aliphatic heterocycles. The van der Waals surface area contributed by atoms with Crippen LogP contribution in [0.1, 0.15) is 43.3 Å². The van der Waals surface area contributed by atoms with Crippen LogP contribution in [0.4, 0.5) is 0 Å². The number of hydrogen-bond acceptors (Lipinski definition) is 3. The molecule has 0 aromatic carbocycles. The lowest BCUT2D eigenvalue weighted by Crippen LogP contribution is -2.21. The second kappa shape index (κ2) is 6.71. The van der Waals surface area contributed by atoms with Crippen molar-refractivity contribution in [2.75, 3.05) is 6.54 Å². The molecule has 98 valence electrons. The summed E-state index contributed by atoms with van der Waals surface area (Å²) in [6, 6.07) is 2.69. The maximum Gasteiger partial charge on any atom is 0.112 e. The SMILES string of the molecule is CCCNC(CC)c1ccn(Cc2nccs2)c1. The fourth-order valence-electron chi connectivity index (χ4n) is 2.07. The van der Waals surface area contributed by atoms with Gasteiger partial charge in [0, 0.05) is 30.0 Å². The summed E-state index contributed by atoms with van der Waals surface area (Å²) < 4.78 is 2.21. The highest BCUT2D eigenvalue weighted by Gasteiger charge is 2.09. The van der Waals surface area contributed by atoms with Crippen molar-refractivity contribution in [3.63, 3.8) is 0 Å². The third-order valence-electron chi connectivity index (χ3n) is 3.03. The standard InChI is InChI=1S/C14H21N3S/c1-3-6-15-13(4-2)12-5-8-17(10-12)11-14-16-7-9-18-14/h5,7-10,13,15H,3-4,6,11H2,1-2H3. The van der Waals surface area contributed by atoms with Gasteiger partial charge in [-0.1, -0.05) is 13.8 Å². The molecule has 18 heavy (non-hydrogen) atoms. The summed E-state index contributed by atoms with van der Waals surface area (Å²) in [6.07, 6.45) is 8.55. The Hall–Kier alpha value is -1.13. The van der Waals surface area contributed by atoms with Gasteiger partial charge in [-0.3, -0.25) is 0 Å². The Kier molecular flexibility index (Phi) is 4.96. The van der Waals surface area contributed by atoms with E-state index in [4.69, 9.17) is 0 Å². The second-order valence-corrected chi connectivity index (χ2v) is 5.44. The van der Waals surface area contributed by atoms with Crippen LogP contribution in [-0.4, -0.2) is 16.1 Å². The van der Waals surface area contributed by atoms with Gasteiger partial charge in [0.1, 0.15) is 5.01 Å². The van der Waals surface area contributed by atoms with E-state index < -0.39 is 0 Å². The predicted molar refractivity (Wildman–Crippen MR) is 77.0 cm³/mol. The normalized spacial score (nSPS) is 12.8. The molecule has 0 fully saturated rings. The van der Waals surface area contributed by atoms with Crippen LogP contribution in [0.25, 0.3) is 0 Å². The molecule has 1 N–H and O–H groups in total. The van der Waals surface area contributed by atoms with Crippen molar-refractivity contribution < 1.29 is 0 Å². The van der Waals surface area contributed by atoms with E-state index in [2.05, 4.69) is 47.2 Å². The van der Waals surface area contributed by atoms with Gasteiger partial charge in [0.25, 0.3) is 0 Å². The fourth-order valence-corrected chi connectivity index (χ4v) is 2.69. The van der Waals surface area contributed by atoms with Gasteiger partial charge in [-0.15, -0.1) is 11.3 Å². The summed E-state index contributed by atoms with van der Waals surface area (Å²) in [7, 11) is 0. The molecule has 2 aromatic heterocycles. The highest BCUT2D eigenvalue weighted by atomic mass is 32.1. The highest BCUT2D eigenvalue weighted by Crippen LogP contribution is 2.18. The number of aromatic nitrogens is 2. The lowest BCUT2D eigenvalue weighted by molar-refractivity contribution is 0.517. The topological polar surface area (TPSA) is 29.9 Å². The van der Waals surface area contributed by atoms with Crippen molar-refractivity contribution >= 4 is 11.3 Å². The van der Waals surface area contributed by atoms with Gasteiger partial charge >= 0.3 is 0 Å². The highest BCUT2D eigenvalue weighted by molar-refractivity contribution is 7.09. The lowest BCUT2D eigenvalue weighted by Gasteiger charge is -2.14. The Morgan fingerprint density at radius 1 is 1.44 bits per heavy atom. The summed E-state index contributed by atoms with van der Waals surface area (Å²) in [5.41, 5.74) is 1.38. The van der Waals surface area contributed by atoms with Gasteiger partial charge < -0.3 is 9.88 Å². The molecule has 4 heteroatoms. The van der Waals surface area contributed by atoms with Crippen molar-refractivity contribution in [1.29, 1.82) is 0 Å². The molecule has 0 aliphatic rings. The molecule has 0 spiro atoms. The minimum Gasteiger partial charge on any atom is -0.347 e. The van der Waals surface area contributed by atoms with Crippen molar-refractivity contribution in [3.8, 4) is 0 Å². The first-order chi connectivity index (χ1) is 8.83. The number of hydrogen-bond donors (Lipinski definition) is 1. The number of nitrogens with one attached hydrogen (secondary N) is 1. The maximum absolute atomic E-state index is 4.32. The Morgan fingerprint density at radius 3 is 3.00 bits per heavy atom. The van der Waals surface area contributed by atoms with E-state index in [-0.39, 0.29) is 0 Å². The molecule has 2 heterocycles. The van der Waals surface area contributed by atoms with Crippen LogP contribution in [0.15, 0.2) is 30.0 Å². The molecule has 0 saturated carbocycles. The summed E-state index contributed by atoms with van der Waals surface area (Å²) in [6.45, 7) is 6.39. The Bertz CT molecular complexity index is 447. The molecule has 1 unspecified atom stereocenters. The molecule has 3 nitrogen and oxygen atoms in total. The molecule has 0 radical (unpaired) electrons. The zero-order valence-electron chi connectivity index (χ0n) is 11.1. The molecule has 0 saturated heterocycles. The minimum absolute atomic E-state index is 0.475. The smallest absolute Gasteiger partial charge is 0.112 e. The zero-order valence-corrected chi connectivity index (χ0v) is 11.9. The van der Waals surface area contributed by atoms with Gasteiger partial charge in [-0.2, -0.15) is 0 Å². The van der Waals surface area contributed by atoms with Crippen molar-refractivity contribution in [2.24, 2.45) is 0 Å². The Labute approximate surface area is 113 Å². The van der Waals surface area contributed by atoms with Crippen LogP contribution in [0.5, 0.6) is 0 Å². The maximum atomic E-state index is 4.32. The van der Waals surface area contributed by atoms with Crippen molar-refractivity contribution in [2.45, 2.75) is 39.3 Å². The minimum atomic E-state index is 0.475. The van der Waals surface area contributed by atoms with Gasteiger partial charge in [0.2, 0.25) is 0 Å². The van der Waals surface area contributed by atoms with Crippen LogP contribution in [0.3, 0.4) is 0 Å². The van der Waals surface area contributed by atoms with Gasteiger partial charge in [0.05, 0.1) is 6.54 Å². The van der Waals surface area contributed by atoms with E-state index in [1.165, 1.54) is 12.0 Å². The van der Waals surface area contributed by atoms with Crippen molar-refractivity contribution in [3.05, 3.63) is 40.6 Å². The summed E-state index contributed by atoms with van der Waals surface area (Å²) >= 11 is 1.71. The van der Waals surface area contributed by atoms with Gasteiger partial charge in [-0.05, 0) is 31.0 Å². The number of thiazole rings is 1. The third-order valence-corrected chi connectivity index (χ3v) is 3.79. The molecule has 2 aromatic rings. The first kappa shape index (κ1) is 13.3. The quantitative estimate of drug-likeness (QED) is 0.829. The van der Waals surface area contributed by atoms with E-state index in [0.717, 1.165) is 24.5 Å². The van der Waals surface area contributed by atoms with Crippen LogP contribution in [-0.2, 0) is 6.54 Å². The van der Waals surface area contributed by atoms with Gasteiger partial charge in [0.15, 0.2) is 0 Å². The van der Waals surface area contributed by atoms with E-state index in [0.29, 0.717) is 6.04 Å². The second-order valence-electron chi connectivity index (χ2n) is 4.46. The average Bonchev–Trinajstić information content (AvgIpc) is 3.03. The molecule has 0 bridgehead atoms. The van der Waals surface area contributed by atoms with Crippen LogP contribution >= 0.6 is 11.3 Å². The summed E-state index contributed by atoms with van der Waals surface area (Å²) in [5, 5.41) is 6.77. The Balaban J connectivity index is 1.99. The van der Waals surface area contributed by atoms with Crippen LogP contribution in [0.2, 0.25) is 0 Å². The van der Waals surface area contributed by atoms with E-state index in [1.54, 1.807) is 11.3 Å². The average molecular weight is 263 g/mol. The molecule has 0 aliphatic carbocycles. The van der Waals surface area contributed by atoms with Crippen molar-refractivity contribution in [1.82, 2.24) is 14.9 Å². The molecule has 0 amide bonds. The predicted octanol–water partition coefficient (Wildman–Crippen LogP) is 3.44. The summed E-state index contributed by atoms with van der Waals surface area (Å²) in [5.74, 6) is 0. The summed E-state index contributed by atoms with van der Waals surface area (Å²) in [4.78, 5) is 4.32. The van der Waals surface area contributed by atoms with Crippen LogP contribution < -0.4 is 5.32 Å². The monoisotopic (exact) mass is 263 g/mol. The van der Waals surface area contributed by atoms with E-state index >= 15 is 0 Å².